The predicted octanol–water partition coefficient (Wildman–Crippen LogP) is 2.13. The second-order valence-electron chi connectivity index (χ2n) is 6.20. The van der Waals surface area contributed by atoms with Crippen LogP contribution in [0.25, 0.3) is 10.9 Å². The number of aromatic amines is 3. The first-order valence-corrected chi connectivity index (χ1v) is 8.23. The van der Waals surface area contributed by atoms with Crippen LogP contribution in [0, 0.1) is 0 Å². The van der Waals surface area contributed by atoms with E-state index in [4.69, 9.17) is 0 Å². The Hall–Kier alpha value is -3.69. The van der Waals surface area contributed by atoms with E-state index in [1.54, 1.807) is 18.2 Å². The lowest BCUT2D eigenvalue weighted by molar-refractivity contribution is 0.964. The minimum Gasteiger partial charge on any atom is -0.324 e. The normalized spacial score (nSPS) is 13.8. The number of rotatable bonds is 5. The zero-order valence-corrected chi connectivity index (χ0v) is 13.6. The van der Waals surface area contributed by atoms with Gasteiger partial charge in [0.1, 0.15) is 12.1 Å². The van der Waals surface area contributed by atoms with Crippen LogP contribution in [0.4, 0.5) is 23.4 Å². The Morgan fingerprint density at radius 2 is 1.88 bits per heavy atom. The molecule has 10 heteroatoms. The largest absolute Gasteiger partial charge is 0.324 e. The fourth-order valence-electron chi connectivity index (χ4n) is 2.77. The molecule has 1 fully saturated rings. The molecule has 0 saturated heterocycles. The smallest absolute Gasteiger partial charge is 0.271 e. The van der Waals surface area contributed by atoms with Gasteiger partial charge in [-0.05, 0) is 31.0 Å². The number of nitrogens with one attached hydrogen (secondary N) is 5. The zero-order chi connectivity index (χ0) is 17.5. The minimum atomic E-state index is -0.150. The van der Waals surface area contributed by atoms with Crippen molar-refractivity contribution in [3.8, 4) is 0 Å². The topological polar surface area (TPSA) is 140 Å². The van der Waals surface area contributed by atoms with Crippen LogP contribution < -0.4 is 16.2 Å². The van der Waals surface area contributed by atoms with Crippen LogP contribution in [-0.4, -0.2) is 35.3 Å². The molecule has 26 heavy (non-hydrogen) atoms. The molecular formula is C16H15N9O. The van der Waals surface area contributed by atoms with Crippen LogP contribution in [-0.2, 0) is 0 Å². The molecule has 0 amide bonds. The maximum atomic E-state index is 11.6. The number of fused-ring (bicyclic) bond motifs is 1. The summed E-state index contributed by atoms with van der Waals surface area (Å²) in [5.41, 5.74) is 2.37. The molecule has 1 aromatic carbocycles. The van der Waals surface area contributed by atoms with Crippen molar-refractivity contribution in [3.63, 3.8) is 0 Å². The van der Waals surface area contributed by atoms with E-state index < -0.39 is 0 Å². The fraction of sp³-hybridized carbons (Fsp3) is 0.188. The second-order valence-corrected chi connectivity index (χ2v) is 6.20. The average Bonchev–Trinajstić information content (AvgIpc) is 3.29. The highest BCUT2D eigenvalue weighted by atomic mass is 16.1. The second kappa shape index (κ2) is 5.69. The van der Waals surface area contributed by atoms with Crippen molar-refractivity contribution in [3.05, 3.63) is 46.6 Å². The third-order valence-corrected chi connectivity index (χ3v) is 4.24. The Labute approximate surface area is 146 Å². The Bertz CT molecular complexity index is 1140. The highest BCUT2D eigenvalue weighted by molar-refractivity contribution is 5.82. The lowest BCUT2D eigenvalue weighted by Crippen LogP contribution is -2.03. The first-order chi connectivity index (χ1) is 12.7. The van der Waals surface area contributed by atoms with E-state index in [9.17, 15) is 4.79 Å². The molecule has 5 rings (SSSR count). The summed E-state index contributed by atoms with van der Waals surface area (Å²) < 4.78 is 0. The van der Waals surface area contributed by atoms with Gasteiger partial charge < -0.3 is 10.6 Å². The summed E-state index contributed by atoms with van der Waals surface area (Å²) >= 11 is 0. The number of anilines is 4. The highest BCUT2D eigenvalue weighted by Crippen LogP contribution is 2.39. The molecule has 0 radical (unpaired) electrons. The van der Waals surface area contributed by atoms with Gasteiger partial charge in [0.05, 0.1) is 16.6 Å². The molecule has 0 atom stereocenters. The van der Waals surface area contributed by atoms with Crippen LogP contribution in [0.3, 0.4) is 0 Å². The Morgan fingerprint density at radius 1 is 1.04 bits per heavy atom. The zero-order valence-electron chi connectivity index (χ0n) is 13.6. The quantitative estimate of drug-likeness (QED) is 0.372. The van der Waals surface area contributed by atoms with Gasteiger partial charge in [-0.3, -0.25) is 20.1 Å². The molecule has 5 N–H and O–H groups in total. The number of nitrogens with zero attached hydrogens (tertiary/aromatic N) is 4. The maximum absolute atomic E-state index is 11.6. The van der Waals surface area contributed by atoms with E-state index in [-0.39, 0.29) is 5.56 Å². The van der Waals surface area contributed by atoms with Crippen LogP contribution in [0.2, 0.25) is 0 Å². The molecule has 0 bridgehead atoms. The van der Waals surface area contributed by atoms with Crippen molar-refractivity contribution < 1.29 is 0 Å². The van der Waals surface area contributed by atoms with Crippen LogP contribution in [0.15, 0.2) is 35.4 Å². The number of H-pyrrole nitrogens is 3. The van der Waals surface area contributed by atoms with Gasteiger partial charge in [0, 0.05) is 17.7 Å². The molecular weight excluding hydrogens is 334 g/mol. The molecule has 1 aliphatic rings. The number of benzene rings is 1. The van der Waals surface area contributed by atoms with Gasteiger partial charge in [-0.15, -0.1) is 0 Å². The molecule has 1 aliphatic carbocycles. The maximum Gasteiger partial charge on any atom is 0.271 e. The van der Waals surface area contributed by atoms with E-state index in [0.717, 1.165) is 17.2 Å². The first-order valence-electron chi connectivity index (χ1n) is 8.23. The van der Waals surface area contributed by atoms with Gasteiger partial charge in [-0.2, -0.15) is 10.1 Å². The van der Waals surface area contributed by atoms with Gasteiger partial charge in [-0.1, -0.05) is 0 Å². The van der Waals surface area contributed by atoms with Crippen molar-refractivity contribution in [1.29, 1.82) is 0 Å². The minimum absolute atomic E-state index is 0.150. The molecule has 4 aromatic rings. The summed E-state index contributed by atoms with van der Waals surface area (Å²) in [5, 5.41) is 19.4. The average molecular weight is 349 g/mol. The molecule has 0 unspecified atom stereocenters. The van der Waals surface area contributed by atoms with E-state index in [2.05, 4.69) is 46.0 Å². The van der Waals surface area contributed by atoms with Crippen molar-refractivity contribution in [2.75, 3.05) is 10.6 Å². The molecule has 0 aliphatic heterocycles. The van der Waals surface area contributed by atoms with Gasteiger partial charge in [0.15, 0.2) is 0 Å². The summed E-state index contributed by atoms with van der Waals surface area (Å²) in [6, 6.07) is 7.31. The van der Waals surface area contributed by atoms with Crippen molar-refractivity contribution >= 4 is 34.3 Å². The van der Waals surface area contributed by atoms with Crippen molar-refractivity contribution in [1.82, 2.24) is 35.3 Å². The van der Waals surface area contributed by atoms with Gasteiger partial charge in [0.2, 0.25) is 11.9 Å². The number of hydrogen-bond donors (Lipinski definition) is 5. The number of hydrogen-bond acceptors (Lipinski definition) is 7. The fourth-order valence-corrected chi connectivity index (χ4v) is 2.77. The molecule has 1 saturated carbocycles. The summed E-state index contributed by atoms with van der Waals surface area (Å²) in [4.78, 5) is 24.2. The first kappa shape index (κ1) is 14.6. The van der Waals surface area contributed by atoms with Crippen molar-refractivity contribution in [2.24, 2.45) is 0 Å². The predicted molar refractivity (Wildman–Crippen MR) is 95.9 cm³/mol. The Kier molecular flexibility index (Phi) is 3.20. The van der Waals surface area contributed by atoms with E-state index in [1.807, 2.05) is 6.07 Å². The van der Waals surface area contributed by atoms with Gasteiger partial charge in [0.25, 0.3) is 5.56 Å². The summed E-state index contributed by atoms with van der Waals surface area (Å²) in [7, 11) is 0. The van der Waals surface area contributed by atoms with E-state index in [1.165, 1.54) is 19.2 Å². The Morgan fingerprint density at radius 3 is 2.73 bits per heavy atom. The molecule has 0 spiro atoms. The van der Waals surface area contributed by atoms with Crippen LogP contribution >= 0.6 is 0 Å². The molecule has 130 valence electrons. The summed E-state index contributed by atoms with van der Waals surface area (Å²) in [6.07, 6.45) is 3.81. The summed E-state index contributed by atoms with van der Waals surface area (Å²) in [6.45, 7) is 0. The van der Waals surface area contributed by atoms with E-state index in [0.29, 0.717) is 28.7 Å². The summed E-state index contributed by atoms with van der Waals surface area (Å²) in [5.74, 6) is 2.12. The lowest BCUT2D eigenvalue weighted by atomic mass is 10.2. The molecule has 3 aromatic heterocycles. The van der Waals surface area contributed by atoms with Gasteiger partial charge >= 0.3 is 0 Å². The van der Waals surface area contributed by atoms with Crippen LogP contribution in [0.1, 0.15) is 24.5 Å². The third kappa shape index (κ3) is 2.77. The monoisotopic (exact) mass is 349 g/mol. The lowest BCUT2D eigenvalue weighted by Gasteiger charge is -2.06. The van der Waals surface area contributed by atoms with Gasteiger partial charge in [-0.25, -0.2) is 9.97 Å². The number of aromatic nitrogens is 7. The van der Waals surface area contributed by atoms with Crippen LogP contribution in [0.5, 0.6) is 0 Å². The van der Waals surface area contributed by atoms with Crippen molar-refractivity contribution in [2.45, 2.75) is 18.8 Å². The standard InChI is InChI=1S/C16H15N9O/c26-14-10-4-3-9(5-12(10)23-25-14)19-15-17-7-18-16(21-15)20-13-6-11(22-24-13)8-1-2-8/h3-8H,1-2H2,(H2,23,25,26)(H3,17,18,19,20,21,22,24). The van der Waals surface area contributed by atoms with E-state index >= 15 is 0 Å². The highest BCUT2D eigenvalue weighted by Gasteiger charge is 2.26. The molecule has 10 nitrogen and oxygen atoms in total. The molecule has 3 heterocycles. The third-order valence-electron chi connectivity index (χ3n) is 4.24. The Balaban J connectivity index is 1.35. The SMILES string of the molecule is O=c1[nH][nH]c2cc(Nc3ncnc(Nc4cc(C5CC5)n[nH]4)n3)ccc12.